The average Bonchev–Trinajstić information content (AvgIpc) is 2.52. The first kappa shape index (κ1) is 18.1. The first-order valence-corrected chi connectivity index (χ1v) is 7.98. The molecule has 0 bridgehead atoms. The highest BCUT2D eigenvalue weighted by Gasteiger charge is 2.18. The lowest BCUT2D eigenvalue weighted by Crippen LogP contribution is -2.25. The zero-order valence-electron chi connectivity index (χ0n) is 13.6. The van der Waals surface area contributed by atoms with Crippen LogP contribution in [0.4, 0.5) is 0 Å². The maximum atomic E-state index is 9.18. The molecule has 0 amide bonds. The van der Waals surface area contributed by atoms with Crippen molar-refractivity contribution in [2.45, 2.75) is 58.3 Å². The predicted octanol–water partition coefficient (Wildman–Crippen LogP) is 3.80. The van der Waals surface area contributed by atoms with Crippen molar-refractivity contribution in [1.29, 1.82) is 0 Å². The second kappa shape index (κ2) is 10.8. The second-order valence-electron chi connectivity index (χ2n) is 5.82. The van der Waals surface area contributed by atoms with E-state index in [1.54, 1.807) is 7.11 Å². The van der Waals surface area contributed by atoms with E-state index in [1.807, 2.05) is 25.1 Å². The minimum atomic E-state index is 0.152. The summed E-state index contributed by atoms with van der Waals surface area (Å²) in [5.41, 5.74) is 1.20. The molecule has 0 aliphatic heterocycles. The van der Waals surface area contributed by atoms with Crippen LogP contribution < -0.4 is 0 Å². The molecular formula is C18H30O3. The molecule has 1 aromatic rings. The molecule has 3 nitrogen and oxygen atoms in total. The van der Waals surface area contributed by atoms with Crippen LogP contribution in [0.5, 0.6) is 0 Å². The number of aliphatic hydroxyl groups excluding tert-OH is 1. The van der Waals surface area contributed by atoms with Gasteiger partial charge in [-0.2, -0.15) is 0 Å². The third-order valence-corrected chi connectivity index (χ3v) is 3.78. The van der Waals surface area contributed by atoms with Gasteiger partial charge in [-0.25, -0.2) is 0 Å². The van der Waals surface area contributed by atoms with Crippen molar-refractivity contribution in [1.82, 2.24) is 0 Å². The summed E-state index contributed by atoms with van der Waals surface area (Å²) in [7, 11) is 1.75. The predicted molar refractivity (Wildman–Crippen MR) is 86.2 cm³/mol. The van der Waals surface area contributed by atoms with Crippen LogP contribution >= 0.6 is 0 Å². The molecule has 0 aromatic heterocycles. The number of methoxy groups -OCH3 is 1. The van der Waals surface area contributed by atoms with Gasteiger partial charge in [0.2, 0.25) is 0 Å². The fourth-order valence-corrected chi connectivity index (χ4v) is 2.48. The first-order valence-electron chi connectivity index (χ1n) is 7.98. The Balaban J connectivity index is 2.47. The third-order valence-electron chi connectivity index (χ3n) is 3.78. The Labute approximate surface area is 129 Å². The van der Waals surface area contributed by atoms with Crippen LogP contribution in [0.25, 0.3) is 0 Å². The smallest absolute Gasteiger partial charge is 0.0720 e. The van der Waals surface area contributed by atoms with Gasteiger partial charge in [-0.15, -0.1) is 0 Å². The number of benzene rings is 1. The summed E-state index contributed by atoms with van der Waals surface area (Å²) in [5.74, 6) is 0.270. The Kier molecular flexibility index (Phi) is 9.31. The van der Waals surface area contributed by atoms with Gasteiger partial charge in [0.15, 0.2) is 0 Å². The highest BCUT2D eigenvalue weighted by Crippen LogP contribution is 2.19. The van der Waals surface area contributed by atoms with Crippen LogP contribution in [-0.2, 0) is 16.1 Å². The summed E-state index contributed by atoms with van der Waals surface area (Å²) in [6.07, 6.45) is 4.28. The van der Waals surface area contributed by atoms with Crippen LogP contribution in [0, 0.1) is 5.92 Å². The average molecular weight is 294 g/mol. The molecule has 0 unspecified atom stereocenters. The molecule has 1 aromatic carbocycles. The third kappa shape index (κ3) is 7.60. The topological polar surface area (TPSA) is 38.7 Å². The highest BCUT2D eigenvalue weighted by atomic mass is 16.5. The lowest BCUT2D eigenvalue weighted by molar-refractivity contribution is -0.0212. The molecule has 0 spiro atoms. The van der Waals surface area contributed by atoms with E-state index in [0.717, 1.165) is 25.7 Å². The molecule has 1 N–H and O–H groups in total. The molecule has 3 heteroatoms. The maximum Gasteiger partial charge on any atom is 0.0720 e. The van der Waals surface area contributed by atoms with E-state index in [-0.39, 0.29) is 24.7 Å². The van der Waals surface area contributed by atoms with Gasteiger partial charge in [-0.3, -0.25) is 0 Å². The Hall–Kier alpha value is -0.900. The van der Waals surface area contributed by atoms with Gasteiger partial charge in [0.25, 0.3) is 0 Å². The van der Waals surface area contributed by atoms with Crippen LogP contribution in [0.3, 0.4) is 0 Å². The standard InChI is InChI=1S/C18H30O3/c1-4-8-17(12-18(20-3)11-15(2)13-19)21-14-16-9-6-5-7-10-16/h5-7,9-10,15,17-19H,4,8,11-14H2,1-3H3/t15-,17-,18-/m0/s1. The van der Waals surface area contributed by atoms with Crippen molar-refractivity contribution in [3.05, 3.63) is 35.9 Å². The zero-order valence-corrected chi connectivity index (χ0v) is 13.6. The van der Waals surface area contributed by atoms with Crippen molar-refractivity contribution in [3.8, 4) is 0 Å². The monoisotopic (exact) mass is 294 g/mol. The number of rotatable bonds is 11. The Morgan fingerprint density at radius 2 is 1.81 bits per heavy atom. The Morgan fingerprint density at radius 3 is 2.38 bits per heavy atom. The molecule has 21 heavy (non-hydrogen) atoms. The SMILES string of the molecule is CCC[C@@H](C[C@H](C[C@H](C)CO)OC)OCc1ccccc1. The van der Waals surface area contributed by atoms with Crippen molar-refractivity contribution in [2.24, 2.45) is 5.92 Å². The molecule has 0 radical (unpaired) electrons. The van der Waals surface area contributed by atoms with Crippen molar-refractivity contribution in [3.63, 3.8) is 0 Å². The molecule has 1 rings (SSSR count). The van der Waals surface area contributed by atoms with Gasteiger partial charge < -0.3 is 14.6 Å². The molecule has 0 aliphatic rings. The summed E-state index contributed by atoms with van der Waals surface area (Å²) in [6, 6.07) is 10.3. The van der Waals surface area contributed by atoms with E-state index in [4.69, 9.17) is 9.47 Å². The Morgan fingerprint density at radius 1 is 1.10 bits per heavy atom. The molecule has 0 aliphatic carbocycles. The molecule has 0 saturated carbocycles. The number of ether oxygens (including phenoxy) is 2. The summed E-state index contributed by atoms with van der Waals surface area (Å²) >= 11 is 0. The molecule has 120 valence electrons. The number of hydrogen-bond acceptors (Lipinski definition) is 3. The molecule has 0 heterocycles. The fraction of sp³-hybridized carbons (Fsp3) is 0.667. The van der Waals surface area contributed by atoms with Crippen LogP contribution in [0.15, 0.2) is 30.3 Å². The summed E-state index contributed by atoms with van der Waals surface area (Å²) in [4.78, 5) is 0. The Bertz CT molecular complexity index is 353. The molecular weight excluding hydrogens is 264 g/mol. The minimum Gasteiger partial charge on any atom is -0.396 e. The van der Waals surface area contributed by atoms with Crippen LogP contribution in [-0.4, -0.2) is 31.0 Å². The van der Waals surface area contributed by atoms with Crippen molar-refractivity contribution < 1.29 is 14.6 Å². The van der Waals surface area contributed by atoms with Gasteiger partial charge in [0.05, 0.1) is 18.8 Å². The van der Waals surface area contributed by atoms with E-state index in [2.05, 4.69) is 19.1 Å². The van der Waals surface area contributed by atoms with Gasteiger partial charge in [-0.05, 0) is 30.7 Å². The fourth-order valence-electron chi connectivity index (χ4n) is 2.48. The highest BCUT2D eigenvalue weighted by molar-refractivity contribution is 5.13. The van der Waals surface area contributed by atoms with Gasteiger partial charge in [0, 0.05) is 13.7 Å². The van der Waals surface area contributed by atoms with Crippen LogP contribution in [0.1, 0.15) is 45.1 Å². The number of aliphatic hydroxyl groups is 1. The normalized spacial score (nSPS) is 15.6. The molecule has 0 fully saturated rings. The largest absolute Gasteiger partial charge is 0.396 e. The van der Waals surface area contributed by atoms with Gasteiger partial charge in [0.1, 0.15) is 0 Å². The van der Waals surface area contributed by atoms with E-state index < -0.39 is 0 Å². The van der Waals surface area contributed by atoms with E-state index in [1.165, 1.54) is 5.56 Å². The molecule has 3 atom stereocenters. The quantitative estimate of drug-likeness (QED) is 0.675. The zero-order chi connectivity index (χ0) is 15.5. The van der Waals surface area contributed by atoms with Gasteiger partial charge >= 0.3 is 0 Å². The lowest BCUT2D eigenvalue weighted by Gasteiger charge is -2.24. The lowest BCUT2D eigenvalue weighted by atomic mass is 9.98. The van der Waals surface area contributed by atoms with E-state index in [9.17, 15) is 5.11 Å². The van der Waals surface area contributed by atoms with Gasteiger partial charge in [-0.1, -0.05) is 50.6 Å². The van der Waals surface area contributed by atoms with E-state index >= 15 is 0 Å². The molecule has 0 saturated heterocycles. The number of hydrogen-bond donors (Lipinski definition) is 1. The summed E-state index contributed by atoms with van der Waals surface area (Å²) in [6.45, 7) is 5.09. The summed E-state index contributed by atoms with van der Waals surface area (Å²) < 4.78 is 11.6. The minimum absolute atomic E-state index is 0.152. The first-order chi connectivity index (χ1) is 10.2. The van der Waals surface area contributed by atoms with Crippen molar-refractivity contribution >= 4 is 0 Å². The summed E-state index contributed by atoms with van der Waals surface area (Å²) in [5, 5.41) is 9.18. The van der Waals surface area contributed by atoms with Crippen molar-refractivity contribution in [2.75, 3.05) is 13.7 Å². The van der Waals surface area contributed by atoms with E-state index in [0.29, 0.717) is 6.61 Å². The maximum absolute atomic E-state index is 9.18. The van der Waals surface area contributed by atoms with Crippen LogP contribution in [0.2, 0.25) is 0 Å². The second-order valence-corrected chi connectivity index (χ2v) is 5.82.